The van der Waals surface area contributed by atoms with Crippen molar-refractivity contribution >= 4 is 39.8 Å². The number of aliphatic imine (C=N–C) groups is 1. The number of piperazine rings is 1. The zero-order chi connectivity index (χ0) is 18.0. The molecule has 2 heterocycles. The van der Waals surface area contributed by atoms with Crippen molar-refractivity contribution in [3.63, 3.8) is 0 Å². The van der Waals surface area contributed by atoms with Crippen molar-refractivity contribution < 1.29 is 21.6 Å². The van der Waals surface area contributed by atoms with Gasteiger partial charge in [0.2, 0.25) is 0 Å². The SMILES string of the molecule is CN=C(NCC1CCS(=O)(=O)C1)N1CCN(C(C)C(F)(F)F)CC1.I. The monoisotopic (exact) mass is 498 g/mol. The minimum atomic E-state index is -4.21. The van der Waals surface area contributed by atoms with Crippen molar-refractivity contribution in [3.05, 3.63) is 0 Å². The van der Waals surface area contributed by atoms with Crippen LogP contribution in [0.25, 0.3) is 0 Å². The van der Waals surface area contributed by atoms with Crippen LogP contribution in [-0.4, -0.2) is 87.7 Å². The fourth-order valence-electron chi connectivity index (χ4n) is 3.13. The van der Waals surface area contributed by atoms with Crippen LogP contribution in [0.5, 0.6) is 0 Å². The lowest BCUT2D eigenvalue weighted by Crippen LogP contribution is -2.57. The molecule has 0 amide bonds. The summed E-state index contributed by atoms with van der Waals surface area (Å²) in [6.07, 6.45) is -3.57. The van der Waals surface area contributed by atoms with E-state index in [1.807, 2.05) is 4.90 Å². The van der Waals surface area contributed by atoms with Gasteiger partial charge in [0.25, 0.3) is 0 Å². The standard InChI is InChI=1S/C14H25F3N4O2S.HI/c1-11(14(15,16)17)20-4-6-21(7-5-20)13(18-2)19-9-12-3-8-24(22,23)10-12;/h11-12H,3-10H2,1-2H3,(H,18,19);1H. The normalized spacial score (nSPS) is 26.2. The van der Waals surface area contributed by atoms with E-state index in [2.05, 4.69) is 10.3 Å². The third-order valence-corrected chi connectivity index (χ3v) is 6.56. The molecular weight excluding hydrogens is 472 g/mol. The molecule has 0 saturated carbocycles. The van der Waals surface area contributed by atoms with Crippen LogP contribution in [0.2, 0.25) is 0 Å². The lowest BCUT2D eigenvalue weighted by atomic mass is 10.1. The number of rotatable bonds is 3. The molecule has 0 aromatic heterocycles. The van der Waals surface area contributed by atoms with E-state index in [1.165, 1.54) is 11.8 Å². The Labute approximate surface area is 164 Å². The van der Waals surface area contributed by atoms with Gasteiger partial charge in [-0.05, 0) is 19.3 Å². The summed E-state index contributed by atoms with van der Waals surface area (Å²) in [5, 5.41) is 3.16. The van der Waals surface area contributed by atoms with Gasteiger partial charge in [0.15, 0.2) is 15.8 Å². The Balaban J connectivity index is 0.00000312. The highest BCUT2D eigenvalue weighted by Crippen LogP contribution is 2.25. The lowest BCUT2D eigenvalue weighted by Gasteiger charge is -2.39. The predicted octanol–water partition coefficient (Wildman–Crippen LogP) is 1.18. The van der Waals surface area contributed by atoms with E-state index in [4.69, 9.17) is 0 Å². The van der Waals surface area contributed by atoms with E-state index >= 15 is 0 Å². The van der Waals surface area contributed by atoms with Crippen LogP contribution in [-0.2, 0) is 9.84 Å². The molecule has 2 fully saturated rings. The quantitative estimate of drug-likeness (QED) is 0.360. The first-order valence-corrected chi connectivity index (χ1v) is 9.91. The average molecular weight is 498 g/mol. The molecule has 11 heteroatoms. The number of alkyl halides is 3. The number of sulfone groups is 1. The van der Waals surface area contributed by atoms with E-state index in [9.17, 15) is 21.6 Å². The molecule has 2 rings (SSSR count). The minimum absolute atomic E-state index is 0. The Morgan fingerprint density at radius 3 is 2.32 bits per heavy atom. The Morgan fingerprint density at radius 1 is 1.28 bits per heavy atom. The van der Waals surface area contributed by atoms with Crippen molar-refractivity contribution in [3.8, 4) is 0 Å². The van der Waals surface area contributed by atoms with Crippen LogP contribution in [0, 0.1) is 5.92 Å². The number of hydrogen-bond acceptors (Lipinski definition) is 4. The molecule has 2 aliphatic rings. The smallest absolute Gasteiger partial charge is 0.356 e. The molecule has 0 aliphatic carbocycles. The summed E-state index contributed by atoms with van der Waals surface area (Å²) in [4.78, 5) is 7.51. The Kier molecular flexibility index (Phi) is 8.25. The maximum Gasteiger partial charge on any atom is 0.403 e. The van der Waals surface area contributed by atoms with E-state index in [-0.39, 0.29) is 41.4 Å². The van der Waals surface area contributed by atoms with Crippen molar-refractivity contribution in [1.29, 1.82) is 0 Å². The minimum Gasteiger partial charge on any atom is -0.356 e. The summed E-state index contributed by atoms with van der Waals surface area (Å²) in [6.45, 7) is 3.26. The van der Waals surface area contributed by atoms with Gasteiger partial charge in [-0.1, -0.05) is 0 Å². The first-order chi connectivity index (χ1) is 11.1. The van der Waals surface area contributed by atoms with Gasteiger partial charge < -0.3 is 10.2 Å². The highest BCUT2D eigenvalue weighted by molar-refractivity contribution is 14.0. The number of hydrogen-bond donors (Lipinski definition) is 1. The summed E-state index contributed by atoms with van der Waals surface area (Å²) >= 11 is 0. The van der Waals surface area contributed by atoms with Crippen LogP contribution in [0.15, 0.2) is 4.99 Å². The summed E-state index contributed by atoms with van der Waals surface area (Å²) in [6, 6.07) is -1.45. The molecule has 2 aliphatic heterocycles. The Bertz CT molecular complexity index is 563. The molecule has 0 aromatic rings. The van der Waals surface area contributed by atoms with Gasteiger partial charge in [0.05, 0.1) is 11.5 Å². The predicted molar refractivity (Wildman–Crippen MR) is 102 cm³/mol. The van der Waals surface area contributed by atoms with Crippen LogP contribution < -0.4 is 5.32 Å². The fraction of sp³-hybridized carbons (Fsp3) is 0.929. The van der Waals surface area contributed by atoms with E-state index in [0.717, 1.165) is 0 Å². The van der Waals surface area contributed by atoms with E-state index in [0.29, 0.717) is 45.1 Å². The first kappa shape index (κ1) is 22.7. The number of halogens is 4. The molecule has 0 spiro atoms. The van der Waals surface area contributed by atoms with Gasteiger partial charge in [-0.15, -0.1) is 24.0 Å². The van der Waals surface area contributed by atoms with E-state index < -0.39 is 22.1 Å². The Morgan fingerprint density at radius 2 is 1.88 bits per heavy atom. The van der Waals surface area contributed by atoms with Crippen molar-refractivity contribution in [2.75, 3.05) is 51.3 Å². The van der Waals surface area contributed by atoms with Crippen molar-refractivity contribution in [2.45, 2.75) is 25.6 Å². The highest BCUT2D eigenvalue weighted by Gasteiger charge is 2.41. The molecule has 0 aromatic carbocycles. The maximum absolute atomic E-state index is 12.8. The maximum atomic E-state index is 12.8. The molecule has 6 nitrogen and oxygen atoms in total. The molecule has 2 unspecified atom stereocenters. The number of nitrogens with one attached hydrogen (secondary N) is 1. The molecule has 2 atom stereocenters. The zero-order valence-corrected chi connectivity index (χ0v) is 17.6. The van der Waals surface area contributed by atoms with Gasteiger partial charge in [0.1, 0.15) is 6.04 Å². The molecule has 2 saturated heterocycles. The molecule has 0 bridgehead atoms. The van der Waals surface area contributed by atoms with Crippen LogP contribution in [0.3, 0.4) is 0 Å². The second-order valence-corrected chi connectivity index (χ2v) is 8.67. The van der Waals surface area contributed by atoms with Crippen molar-refractivity contribution in [1.82, 2.24) is 15.1 Å². The second kappa shape index (κ2) is 9.07. The average Bonchev–Trinajstić information content (AvgIpc) is 2.86. The van der Waals surface area contributed by atoms with E-state index in [1.54, 1.807) is 7.05 Å². The van der Waals surface area contributed by atoms with Crippen LogP contribution in [0.1, 0.15) is 13.3 Å². The van der Waals surface area contributed by atoms with Gasteiger partial charge >= 0.3 is 6.18 Å². The largest absolute Gasteiger partial charge is 0.403 e. The molecule has 0 radical (unpaired) electrons. The third kappa shape index (κ3) is 6.42. The second-order valence-electron chi connectivity index (χ2n) is 6.44. The summed E-state index contributed by atoms with van der Waals surface area (Å²) < 4.78 is 61.3. The van der Waals surface area contributed by atoms with Gasteiger partial charge in [-0.3, -0.25) is 9.89 Å². The summed E-state index contributed by atoms with van der Waals surface area (Å²) in [5.41, 5.74) is 0. The van der Waals surface area contributed by atoms with Gasteiger partial charge in [0, 0.05) is 39.8 Å². The number of guanidine groups is 1. The fourth-order valence-corrected chi connectivity index (χ4v) is 4.99. The zero-order valence-electron chi connectivity index (χ0n) is 14.4. The Hall–Kier alpha value is -0.300. The van der Waals surface area contributed by atoms with Crippen LogP contribution in [0.4, 0.5) is 13.2 Å². The molecule has 148 valence electrons. The first-order valence-electron chi connectivity index (χ1n) is 8.09. The van der Waals surface area contributed by atoms with Gasteiger partial charge in [-0.2, -0.15) is 13.2 Å². The third-order valence-electron chi connectivity index (χ3n) is 4.72. The lowest BCUT2D eigenvalue weighted by molar-refractivity contribution is -0.181. The van der Waals surface area contributed by atoms with Gasteiger partial charge in [-0.25, -0.2) is 8.42 Å². The summed E-state index contributed by atoms with van der Waals surface area (Å²) in [7, 11) is -1.29. The molecular formula is C14H26F3IN4O2S. The number of nitrogens with zero attached hydrogens (tertiary/aromatic N) is 3. The summed E-state index contributed by atoms with van der Waals surface area (Å²) in [5.74, 6) is 1.11. The van der Waals surface area contributed by atoms with Crippen LogP contribution >= 0.6 is 24.0 Å². The molecule has 25 heavy (non-hydrogen) atoms. The highest BCUT2D eigenvalue weighted by atomic mass is 127. The van der Waals surface area contributed by atoms with Crippen molar-refractivity contribution in [2.24, 2.45) is 10.9 Å². The molecule has 1 N–H and O–H groups in total. The topological polar surface area (TPSA) is 65.0 Å².